The van der Waals surface area contributed by atoms with E-state index in [1.54, 1.807) is 35.9 Å². The molecule has 0 saturated carbocycles. The molecule has 0 aliphatic rings. The Morgan fingerprint density at radius 2 is 1.89 bits per heavy atom. The minimum Gasteiger partial charge on any atom is -0.487 e. The van der Waals surface area contributed by atoms with Crippen LogP contribution < -0.4 is 15.4 Å². The van der Waals surface area contributed by atoms with Crippen molar-refractivity contribution in [3.63, 3.8) is 0 Å². The van der Waals surface area contributed by atoms with E-state index in [1.165, 1.54) is 18.5 Å². The summed E-state index contributed by atoms with van der Waals surface area (Å²) in [5.41, 5.74) is 3.28. The molecule has 0 fully saturated rings. The number of aromatic nitrogens is 3. The van der Waals surface area contributed by atoms with Gasteiger partial charge in [0, 0.05) is 37.7 Å². The molecule has 0 aliphatic heterocycles. The topological polar surface area (TPSA) is 81.9 Å². The van der Waals surface area contributed by atoms with Crippen LogP contribution in [0.5, 0.6) is 5.75 Å². The summed E-state index contributed by atoms with van der Waals surface area (Å²) >= 11 is 6.37. The van der Waals surface area contributed by atoms with Crippen molar-refractivity contribution in [1.29, 1.82) is 0 Å². The van der Waals surface area contributed by atoms with Crippen LogP contribution >= 0.6 is 11.6 Å². The summed E-state index contributed by atoms with van der Waals surface area (Å²) < 4.78 is 31.0. The van der Waals surface area contributed by atoms with Crippen LogP contribution in [0.2, 0.25) is 5.02 Å². The molecule has 0 aliphatic carbocycles. The Bertz CT molecular complexity index is 1230. The fourth-order valence-electron chi connectivity index (χ4n) is 3.32. The van der Waals surface area contributed by atoms with Gasteiger partial charge in [-0.05, 0) is 55.9 Å². The largest absolute Gasteiger partial charge is 0.487 e. The molecule has 10 heteroatoms. The van der Waals surface area contributed by atoms with Crippen LogP contribution in [-0.2, 0) is 22.7 Å². The molecule has 4 rings (SSSR count). The van der Waals surface area contributed by atoms with E-state index in [2.05, 4.69) is 20.7 Å². The first-order valence-electron chi connectivity index (χ1n) is 12.5. The lowest BCUT2D eigenvalue weighted by Crippen LogP contribution is -2.13. The van der Waals surface area contributed by atoms with Crippen LogP contribution in [0.1, 0.15) is 31.9 Å². The molecule has 2 aromatic carbocycles. The number of halogens is 2. The van der Waals surface area contributed by atoms with Gasteiger partial charge in [0.1, 0.15) is 30.0 Å². The van der Waals surface area contributed by atoms with Gasteiger partial charge in [0.15, 0.2) is 5.82 Å². The van der Waals surface area contributed by atoms with Crippen molar-refractivity contribution in [3.05, 3.63) is 83.0 Å². The third-order valence-corrected chi connectivity index (χ3v) is 5.31. The zero-order valence-electron chi connectivity index (χ0n) is 22.6. The number of benzene rings is 2. The molecule has 206 valence electrons. The molecule has 8 nitrogen and oxygen atoms in total. The van der Waals surface area contributed by atoms with Crippen molar-refractivity contribution < 1.29 is 18.6 Å². The first-order valence-corrected chi connectivity index (χ1v) is 12.9. The number of methoxy groups -OCH3 is 1. The second kappa shape index (κ2) is 17.3. The van der Waals surface area contributed by atoms with E-state index in [1.807, 2.05) is 46.1 Å². The minimum atomic E-state index is -0.300. The molecule has 0 unspecified atom stereocenters. The molecule has 38 heavy (non-hydrogen) atoms. The third-order valence-electron chi connectivity index (χ3n) is 5.02. The Balaban J connectivity index is 0.000000491. The van der Waals surface area contributed by atoms with E-state index in [4.69, 9.17) is 25.8 Å². The quantitative estimate of drug-likeness (QED) is 0.215. The third kappa shape index (κ3) is 9.57. The van der Waals surface area contributed by atoms with Gasteiger partial charge < -0.3 is 24.8 Å². The van der Waals surface area contributed by atoms with Gasteiger partial charge in [-0.15, -0.1) is 0 Å². The maximum Gasteiger partial charge on any atom is 0.158 e. The summed E-state index contributed by atoms with van der Waals surface area (Å²) in [5.74, 6) is 0.852. The summed E-state index contributed by atoms with van der Waals surface area (Å²) in [6.45, 7) is 9.27. The van der Waals surface area contributed by atoms with Crippen LogP contribution in [0.15, 0.2) is 61.1 Å². The lowest BCUT2D eigenvalue weighted by atomic mass is 10.2. The first-order chi connectivity index (χ1) is 18.5. The molecule has 0 amide bonds. The summed E-state index contributed by atoms with van der Waals surface area (Å²) in [4.78, 5) is 4.35. The van der Waals surface area contributed by atoms with E-state index < -0.39 is 0 Å². The highest BCUT2D eigenvalue weighted by Crippen LogP contribution is 2.31. The lowest BCUT2D eigenvalue weighted by Gasteiger charge is -2.12. The Morgan fingerprint density at radius 3 is 2.58 bits per heavy atom. The first kappa shape index (κ1) is 31.0. The normalized spacial score (nSPS) is 10.3. The maximum atomic E-state index is 13.3. The molecule has 2 aromatic heterocycles. The average Bonchev–Trinajstić information content (AvgIpc) is 3.34. The number of fused-ring (bicyclic) bond motifs is 1. The van der Waals surface area contributed by atoms with Crippen molar-refractivity contribution in [3.8, 4) is 5.75 Å². The minimum absolute atomic E-state index is 0.224. The van der Waals surface area contributed by atoms with Gasteiger partial charge in [-0.3, -0.25) is 0 Å². The SMILES string of the molecule is CC.CCOCCNC.COCc1ccn2ncnc(Nc3ccc(OCc4cccc(F)c4)c(Cl)c3)c12. The Hall–Kier alpha value is -3.24. The van der Waals surface area contributed by atoms with E-state index in [0.717, 1.165) is 42.1 Å². The van der Waals surface area contributed by atoms with Crippen LogP contribution in [-0.4, -0.2) is 48.5 Å². The van der Waals surface area contributed by atoms with E-state index in [-0.39, 0.29) is 12.4 Å². The molecule has 4 aromatic rings. The van der Waals surface area contributed by atoms with Crippen LogP contribution in [0.4, 0.5) is 15.9 Å². The number of likely N-dealkylation sites (N-methyl/N-ethyl adjacent to an activating group) is 1. The van der Waals surface area contributed by atoms with Crippen molar-refractivity contribution in [1.82, 2.24) is 19.9 Å². The molecule has 0 saturated heterocycles. The molecule has 2 N–H and O–H groups in total. The number of anilines is 2. The van der Waals surface area contributed by atoms with Crippen molar-refractivity contribution in [2.24, 2.45) is 0 Å². The highest BCUT2D eigenvalue weighted by Gasteiger charge is 2.11. The molecule has 2 heterocycles. The van der Waals surface area contributed by atoms with Crippen LogP contribution in [0, 0.1) is 5.82 Å². The molecule has 0 spiro atoms. The van der Waals surface area contributed by atoms with Crippen LogP contribution in [0.3, 0.4) is 0 Å². The average molecular weight is 546 g/mol. The fourth-order valence-corrected chi connectivity index (χ4v) is 3.56. The Morgan fingerprint density at radius 1 is 1.08 bits per heavy atom. The standard InChI is InChI=1S/C21H18ClFN4O2.C5H13NO.C2H6/c1-28-12-15-7-8-27-20(15)21(24-13-25-27)26-17-5-6-19(18(22)10-17)29-11-14-3-2-4-16(23)9-14;1-3-7-5-4-6-2;1-2/h2-10,13H,11-12H2,1H3,(H,24,25,26);6H,3-5H2,1-2H3;1-2H3. The monoisotopic (exact) mass is 545 g/mol. The Kier molecular flexibility index (Phi) is 14.1. The van der Waals surface area contributed by atoms with E-state index in [9.17, 15) is 4.39 Å². The summed E-state index contributed by atoms with van der Waals surface area (Å²) in [7, 11) is 3.56. The number of hydrogen-bond acceptors (Lipinski definition) is 7. The summed E-state index contributed by atoms with van der Waals surface area (Å²) in [6.07, 6.45) is 3.33. The molecule has 0 atom stereocenters. The second-order valence-electron chi connectivity index (χ2n) is 7.67. The summed E-state index contributed by atoms with van der Waals surface area (Å²) in [5, 5.41) is 10.9. The van der Waals surface area contributed by atoms with Crippen LogP contribution in [0.25, 0.3) is 5.52 Å². The second-order valence-corrected chi connectivity index (χ2v) is 8.07. The van der Waals surface area contributed by atoms with Gasteiger partial charge in [0.2, 0.25) is 0 Å². The summed E-state index contributed by atoms with van der Waals surface area (Å²) in [6, 6.07) is 13.5. The number of ether oxygens (including phenoxy) is 3. The molecular weight excluding hydrogens is 509 g/mol. The van der Waals surface area contributed by atoms with Gasteiger partial charge in [-0.2, -0.15) is 5.10 Å². The maximum absolute atomic E-state index is 13.3. The van der Waals surface area contributed by atoms with Crippen molar-refractivity contribution in [2.75, 3.05) is 39.2 Å². The van der Waals surface area contributed by atoms with Gasteiger partial charge >= 0.3 is 0 Å². The predicted molar refractivity (Wildman–Crippen MR) is 151 cm³/mol. The zero-order valence-corrected chi connectivity index (χ0v) is 23.4. The predicted octanol–water partition coefficient (Wildman–Crippen LogP) is 6.26. The fraction of sp³-hybridized carbons (Fsp3) is 0.357. The van der Waals surface area contributed by atoms with Gasteiger partial charge in [-0.25, -0.2) is 13.9 Å². The highest BCUT2D eigenvalue weighted by atomic mass is 35.5. The molecule has 0 bridgehead atoms. The van der Waals surface area contributed by atoms with E-state index >= 15 is 0 Å². The Labute approximate surface area is 229 Å². The molecular formula is C28H37ClFN5O3. The zero-order chi connectivity index (χ0) is 27.8. The molecule has 0 radical (unpaired) electrons. The number of rotatable bonds is 11. The smallest absolute Gasteiger partial charge is 0.158 e. The number of nitrogens with one attached hydrogen (secondary N) is 2. The van der Waals surface area contributed by atoms with Crippen molar-refractivity contribution >= 4 is 28.6 Å². The lowest BCUT2D eigenvalue weighted by molar-refractivity contribution is 0.151. The van der Waals surface area contributed by atoms with Gasteiger partial charge in [0.25, 0.3) is 0 Å². The van der Waals surface area contributed by atoms with Crippen molar-refractivity contribution in [2.45, 2.75) is 34.0 Å². The van der Waals surface area contributed by atoms with E-state index in [0.29, 0.717) is 23.2 Å². The van der Waals surface area contributed by atoms with Gasteiger partial charge in [0.05, 0.1) is 18.2 Å². The highest BCUT2D eigenvalue weighted by molar-refractivity contribution is 6.32. The van der Waals surface area contributed by atoms with Gasteiger partial charge in [-0.1, -0.05) is 37.6 Å². The number of nitrogens with zero attached hydrogens (tertiary/aromatic N) is 3. The number of hydrogen-bond donors (Lipinski definition) is 2.